The lowest BCUT2D eigenvalue weighted by atomic mass is 9.95. The van der Waals surface area contributed by atoms with Gasteiger partial charge in [0.2, 0.25) is 0 Å². The minimum absolute atomic E-state index is 0.128. The molecule has 2 nitrogen and oxygen atoms in total. The molecule has 0 aliphatic heterocycles. The van der Waals surface area contributed by atoms with E-state index in [4.69, 9.17) is 8.83 Å². The zero-order valence-electron chi connectivity index (χ0n) is 13.2. The lowest BCUT2D eigenvalue weighted by Gasteiger charge is -2.12. The smallest absolute Gasteiger partial charge is 0.115 e. The highest BCUT2D eigenvalue weighted by molar-refractivity contribution is 5.27. The summed E-state index contributed by atoms with van der Waals surface area (Å²) < 4.78 is 12.0. The summed E-state index contributed by atoms with van der Waals surface area (Å²) >= 11 is 0. The van der Waals surface area contributed by atoms with E-state index in [9.17, 15) is 0 Å². The van der Waals surface area contributed by atoms with Crippen molar-refractivity contribution in [3.8, 4) is 0 Å². The maximum Gasteiger partial charge on any atom is 0.115 e. The van der Waals surface area contributed by atoms with E-state index in [1.807, 2.05) is 6.07 Å². The Morgan fingerprint density at radius 3 is 1.73 bits per heavy atom. The van der Waals surface area contributed by atoms with Gasteiger partial charge in [0.15, 0.2) is 0 Å². The Balaban J connectivity index is 1.94. The first-order valence-corrected chi connectivity index (χ1v) is 8.01. The van der Waals surface area contributed by atoms with Crippen molar-refractivity contribution < 1.29 is 8.83 Å². The Morgan fingerprint density at radius 2 is 1.27 bits per heavy atom. The summed E-state index contributed by atoms with van der Waals surface area (Å²) in [5, 5.41) is 0. The zero-order chi connectivity index (χ0) is 15.4. The second-order valence-electron chi connectivity index (χ2n) is 5.56. The molecule has 0 saturated carbocycles. The predicted molar refractivity (Wildman–Crippen MR) is 88.2 cm³/mol. The van der Waals surface area contributed by atoms with Crippen molar-refractivity contribution in [1.82, 2.24) is 0 Å². The van der Waals surface area contributed by atoms with Crippen LogP contribution in [0, 0.1) is 0 Å². The molecule has 2 heterocycles. The second kappa shape index (κ2) is 6.69. The largest absolute Gasteiger partial charge is 0.465 e. The third kappa shape index (κ3) is 3.16. The van der Waals surface area contributed by atoms with Crippen LogP contribution >= 0.6 is 0 Å². The normalized spacial score (nSPS) is 11.2. The van der Waals surface area contributed by atoms with Crippen LogP contribution in [-0.4, -0.2) is 0 Å². The number of hydrogen-bond acceptors (Lipinski definition) is 2. The maximum atomic E-state index is 6.00. The number of furan rings is 2. The highest BCUT2D eigenvalue weighted by Gasteiger charge is 2.22. The van der Waals surface area contributed by atoms with Crippen molar-refractivity contribution in [2.24, 2.45) is 0 Å². The third-order valence-corrected chi connectivity index (χ3v) is 4.03. The van der Waals surface area contributed by atoms with Gasteiger partial charge in [-0.25, -0.2) is 0 Å². The molecule has 0 atom stereocenters. The zero-order valence-corrected chi connectivity index (χ0v) is 13.2. The Morgan fingerprint density at radius 1 is 0.727 bits per heavy atom. The lowest BCUT2D eigenvalue weighted by Crippen LogP contribution is -2.03. The summed E-state index contributed by atoms with van der Waals surface area (Å²) in [7, 11) is 0. The lowest BCUT2D eigenvalue weighted by molar-refractivity contribution is 0.397. The molecule has 0 aliphatic carbocycles. The molecule has 0 fully saturated rings. The molecule has 0 aliphatic rings. The van der Waals surface area contributed by atoms with E-state index in [2.05, 4.69) is 62.4 Å². The molecule has 3 aromatic rings. The van der Waals surface area contributed by atoms with Crippen LogP contribution in [0.2, 0.25) is 0 Å². The number of hydrogen-bond donors (Lipinski definition) is 0. The molecule has 0 amide bonds. The van der Waals surface area contributed by atoms with Crippen LogP contribution in [0.4, 0.5) is 0 Å². The molecule has 3 rings (SSSR count). The molecule has 0 spiro atoms. The van der Waals surface area contributed by atoms with Crippen LogP contribution in [0.5, 0.6) is 0 Å². The summed E-state index contributed by atoms with van der Waals surface area (Å²) in [6, 6.07) is 18.8. The first-order chi connectivity index (χ1) is 10.8. The molecule has 0 N–H and O–H groups in total. The first kappa shape index (κ1) is 14.7. The van der Waals surface area contributed by atoms with Crippen molar-refractivity contribution in [1.29, 1.82) is 0 Å². The molecule has 114 valence electrons. The molecule has 2 aromatic heterocycles. The highest BCUT2D eigenvalue weighted by atomic mass is 16.4. The standard InChI is InChI=1S/C20H22O2/c1-3-16-10-12-19(21-16)18(14-15-8-6-5-7-9-15)20-13-11-17(4-2)22-20/h5-13,18H,3-4,14H2,1-2H3. The summed E-state index contributed by atoms with van der Waals surface area (Å²) in [4.78, 5) is 0. The molecular formula is C20H22O2. The summed E-state index contributed by atoms with van der Waals surface area (Å²) in [6.07, 6.45) is 2.71. The molecule has 0 saturated heterocycles. The first-order valence-electron chi connectivity index (χ1n) is 8.01. The monoisotopic (exact) mass is 294 g/mol. The Kier molecular flexibility index (Phi) is 4.47. The van der Waals surface area contributed by atoms with Gasteiger partial charge in [0.25, 0.3) is 0 Å². The third-order valence-electron chi connectivity index (χ3n) is 4.03. The second-order valence-corrected chi connectivity index (χ2v) is 5.56. The van der Waals surface area contributed by atoms with Gasteiger partial charge in [-0.3, -0.25) is 0 Å². The molecule has 22 heavy (non-hydrogen) atoms. The minimum Gasteiger partial charge on any atom is -0.465 e. The van der Waals surface area contributed by atoms with Gasteiger partial charge in [-0.2, -0.15) is 0 Å². The average Bonchev–Trinajstić information content (AvgIpc) is 3.23. The van der Waals surface area contributed by atoms with E-state index < -0.39 is 0 Å². The summed E-state index contributed by atoms with van der Waals surface area (Å²) in [5.41, 5.74) is 1.29. The van der Waals surface area contributed by atoms with Crippen LogP contribution in [0.1, 0.15) is 48.4 Å². The van der Waals surface area contributed by atoms with Crippen LogP contribution in [0.3, 0.4) is 0 Å². The van der Waals surface area contributed by atoms with E-state index in [1.54, 1.807) is 0 Å². The van der Waals surface area contributed by atoms with Crippen LogP contribution in [0.15, 0.2) is 63.4 Å². The summed E-state index contributed by atoms with van der Waals surface area (Å²) in [6.45, 7) is 4.22. The fourth-order valence-electron chi connectivity index (χ4n) is 2.73. The van der Waals surface area contributed by atoms with Crippen LogP contribution < -0.4 is 0 Å². The summed E-state index contributed by atoms with van der Waals surface area (Å²) in [5.74, 6) is 4.14. The fourth-order valence-corrected chi connectivity index (χ4v) is 2.73. The van der Waals surface area contributed by atoms with Gasteiger partial charge in [0.05, 0.1) is 5.92 Å². The minimum atomic E-state index is 0.128. The average molecular weight is 294 g/mol. The quantitative estimate of drug-likeness (QED) is 0.610. The Bertz CT molecular complexity index is 664. The van der Waals surface area contributed by atoms with Gasteiger partial charge in [-0.1, -0.05) is 44.2 Å². The Labute approximate surface area is 131 Å². The van der Waals surface area contributed by atoms with E-state index in [0.29, 0.717) is 0 Å². The van der Waals surface area contributed by atoms with Gasteiger partial charge in [0, 0.05) is 12.8 Å². The van der Waals surface area contributed by atoms with Crippen molar-refractivity contribution in [2.45, 2.75) is 39.0 Å². The molecule has 0 unspecified atom stereocenters. The molecule has 0 radical (unpaired) electrons. The van der Waals surface area contributed by atoms with Crippen molar-refractivity contribution in [3.63, 3.8) is 0 Å². The molecule has 1 aromatic carbocycles. The van der Waals surface area contributed by atoms with Crippen LogP contribution in [0.25, 0.3) is 0 Å². The van der Waals surface area contributed by atoms with Gasteiger partial charge < -0.3 is 8.83 Å². The van der Waals surface area contributed by atoms with E-state index in [-0.39, 0.29) is 5.92 Å². The van der Waals surface area contributed by atoms with Gasteiger partial charge in [-0.15, -0.1) is 0 Å². The number of rotatable bonds is 6. The van der Waals surface area contributed by atoms with Gasteiger partial charge in [-0.05, 0) is 36.2 Å². The van der Waals surface area contributed by atoms with E-state index in [0.717, 1.165) is 42.3 Å². The van der Waals surface area contributed by atoms with Crippen molar-refractivity contribution in [2.75, 3.05) is 0 Å². The van der Waals surface area contributed by atoms with Gasteiger partial charge >= 0.3 is 0 Å². The van der Waals surface area contributed by atoms with Gasteiger partial charge in [0.1, 0.15) is 23.0 Å². The maximum absolute atomic E-state index is 6.00. The van der Waals surface area contributed by atoms with Crippen molar-refractivity contribution in [3.05, 3.63) is 83.2 Å². The fraction of sp³-hybridized carbons (Fsp3) is 0.300. The number of benzene rings is 1. The van der Waals surface area contributed by atoms with E-state index >= 15 is 0 Å². The topological polar surface area (TPSA) is 26.3 Å². The van der Waals surface area contributed by atoms with Crippen LogP contribution in [-0.2, 0) is 19.3 Å². The van der Waals surface area contributed by atoms with E-state index in [1.165, 1.54) is 5.56 Å². The predicted octanol–water partition coefficient (Wildman–Crippen LogP) is 5.37. The highest BCUT2D eigenvalue weighted by Crippen LogP contribution is 2.31. The number of aryl methyl sites for hydroxylation is 2. The SMILES string of the molecule is CCc1ccc(C(Cc2ccccc2)c2ccc(CC)o2)o1. The van der Waals surface area contributed by atoms with Crippen molar-refractivity contribution >= 4 is 0 Å². The molecule has 2 heteroatoms. The Hall–Kier alpha value is -2.22. The molecular weight excluding hydrogens is 272 g/mol. The molecule has 0 bridgehead atoms.